The van der Waals surface area contributed by atoms with Crippen LogP contribution in [0.1, 0.15) is 109 Å². The van der Waals surface area contributed by atoms with Crippen molar-refractivity contribution in [3.05, 3.63) is 0 Å². The highest BCUT2D eigenvalue weighted by atomic mass is 31.0. The van der Waals surface area contributed by atoms with E-state index in [1.165, 1.54) is 25.7 Å². The monoisotopic (exact) mass is 494 g/mol. The number of carbonyl (C=O) groups excluding carboxylic acids is 2. The molecule has 0 spiro atoms. The fourth-order valence-corrected chi connectivity index (χ4v) is 4.25. The van der Waals surface area contributed by atoms with Gasteiger partial charge in [-0.2, -0.15) is 9.90 Å². The maximum Gasteiger partial charge on any atom is 0.223 e. The van der Waals surface area contributed by atoms with Gasteiger partial charge in [-0.25, -0.2) is 0 Å². The highest BCUT2D eigenvalue weighted by molar-refractivity contribution is 6.92. The van der Waals surface area contributed by atoms with Gasteiger partial charge in [-0.3, -0.25) is 9.59 Å². The molecule has 33 heavy (non-hydrogen) atoms. The molecule has 0 aromatic heterocycles. The predicted molar refractivity (Wildman–Crippen MR) is 147 cm³/mol. The van der Waals surface area contributed by atoms with Crippen molar-refractivity contribution in [3.63, 3.8) is 0 Å². The molecule has 2 amide bonds. The van der Waals surface area contributed by atoms with Gasteiger partial charge in [0.25, 0.3) is 0 Å². The minimum atomic E-state index is -0.260. The molecule has 1 aliphatic carbocycles. The van der Waals surface area contributed by atoms with Crippen LogP contribution < -0.4 is 11.1 Å². The summed E-state index contributed by atoms with van der Waals surface area (Å²) >= 11 is 0. The molecule has 2 unspecified atom stereocenters. The summed E-state index contributed by atoms with van der Waals surface area (Å²) in [5, 5.41) is 11.2. The molecule has 1 saturated carbocycles. The second-order valence-electron chi connectivity index (χ2n) is 10.5. The summed E-state index contributed by atoms with van der Waals surface area (Å²) in [4.78, 5) is 22.4. The van der Waals surface area contributed by atoms with Gasteiger partial charge in [-0.05, 0) is 56.8 Å². The Morgan fingerprint density at radius 1 is 1.06 bits per heavy atom. The first-order chi connectivity index (χ1) is 15.0. The van der Waals surface area contributed by atoms with Crippen molar-refractivity contribution in [2.75, 3.05) is 19.8 Å². The quantitative estimate of drug-likeness (QED) is 0.317. The molecule has 0 aromatic rings. The summed E-state index contributed by atoms with van der Waals surface area (Å²) in [7, 11) is 0. The van der Waals surface area contributed by atoms with Gasteiger partial charge in [0, 0.05) is 27.8 Å². The highest BCUT2D eigenvalue weighted by Gasteiger charge is 2.37. The number of hydrogen-bond acceptors (Lipinski definition) is 4. The van der Waals surface area contributed by atoms with Crippen molar-refractivity contribution < 1.29 is 22.3 Å². The van der Waals surface area contributed by atoms with Crippen molar-refractivity contribution >= 4 is 21.7 Å². The number of carbonyl (C=O) groups is 2. The summed E-state index contributed by atoms with van der Waals surface area (Å²) in [6, 6.07) is 0. The smallest absolute Gasteiger partial charge is 0.223 e. The van der Waals surface area contributed by atoms with Gasteiger partial charge in [0.05, 0.1) is 12.2 Å². The number of rotatable bonds is 12. The molecule has 7 heteroatoms. The zero-order chi connectivity index (χ0) is 24.8. The summed E-state index contributed by atoms with van der Waals surface area (Å²) in [5.74, 6) is 0.469. The van der Waals surface area contributed by atoms with Crippen LogP contribution in [0.3, 0.4) is 0 Å². The van der Waals surface area contributed by atoms with Crippen LogP contribution in [0.15, 0.2) is 0 Å². The number of ether oxygens (including phenoxy) is 1. The van der Waals surface area contributed by atoms with E-state index in [1.54, 1.807) is 0 Å². The lowest BCUT2D eigenvalue weighted by atomic mass is 9.75. The minimum Gasteiger partial charge on any atom is -0.395 e. The number of amides is 2. The van der Waals surface area contributed by atoms with Gasteiger partial charge < -0.3 is 20.9 Å². The summed E-state index contributed by atoms with van der Waals surface area (Å²) < 4.78 is 6.27. The molecule has 1 rings (SSSR count). The standard InChI is InChI=1S/C16H34O.C10H18N2O3.H3P.2H2/c1-8-12-16(7,15(4,5)6)17-13-11-14(9-2)10-3;11-9(14)7-1-3-8(4-2-7)10(15)12-5-6-13;;;/h14H,8-13H2,1-7H3;7-8,13H,1-6H2,(H2,11,14)(H,12,15);1H3;2*1H. The lowest BCUT2D eigenvalue weighted by Crippen LogP contribution is -2.43. The van der Waals surface area contributed by atoms with Gasteiger partial charge in [-0.1, -0.05) is 60.8 Å². The van der Waals surface area contributed by atoms with Crippen LogP contribution >= 0.6 is 9.90 Å². The van der Waals surface area contributed by atoms with Gasteiger partial charge in [0.2, 0.25) is 11.8 Å². The zero-order valence-corrected chi connectivity index (χ0v) is 24.1. The van der Waals surface area contributed by atoms with Crippen LogP contribution in [0.25, 0.3) is 0 Å². The lowest BCUT2D eigenvalue weighted by Gasteiger charge is -2.42. The highest BCUT2D eigenvalue weighted by Crippen LogP contribution is 2.37. The van der Waals surface area contributed by atoms with E-state index in [0.717, 1.165) is 18.9 Å². The fourth-order valence-electron chi connectivity index (χ4n) is 4.25. The van der Waals surface area contributed by atoms with Gasteiger partial charge in [0.1, 0.15) is 0 Å². The Morgan fingerprint density at radius 2 is 1.58 bits per heavy atom. The Morgan fingerprint density at radius 3 is 1.97 bits per heavy atom. The lowest BCUT2D eigenvalue weighted by molar-refractivity contribution is -0.129. The van der Waals surface area contributed by atoms with E-state index >= 15 is 0 Å². The molecule has 1 aliphatic rings. The summed E-state index contributed by atoms with van der Waals surface area (Å²) in [6.45, 7) is 17.1. The van der Waals surface area contributed by atoms with E-state index in [1.807, 2.05) is 0 Å². The third-order valence-corrected chi connectivity index (χ3v) is 7.33. The molecule has 0 aromatic carbocycles. The normalized spacial score (nSPS) is 20.2. The molecule has 202 valence electrons. The Labute approximate surface area is 210 Å². The maximum atomic E-state index is 11.5. The topological polar surface area (TPSA) is 102 Å². The van der Waals surface area contributed by atoms with Crippen molar-refractivity contribution in [2.45, 2.75) is 112 Å². The molecule has 0 bridgehead atoms. The third kappa shape index (κ3) is 13.1. The molecule has 4 N–H and O–H groups in total. The minimum absolute atomic E-state index is 0. The van der Waals surface area contributed by atoms with E-state index in [4.69, 9.17) is 15.6 Å². The molecule has 1 fully saturated rings. The molecule has 0 saturated heterocycles. The molecular weight excluding hydrogens is 435 g/mol. The molecule has 0 radical (unpaired) electrons. The molecule has 6 nitrogen and oxygen atoms in total. The van der Waals surface area contributed by atoms with Crippen molar-refractivity contribution in [3.8, 4) is 0 Å². The van der Waals surface area contributed by atoms with E-state index in [0.29, 0.717) is 32.2 Å². The molecule has 0 aliphatic heterocycles. The van der Waals surface area contributed by atoms with E-state index in [-0.39, 0.29) is 54.0 Å². The van der Waals surface area contributed by atoms with Crippen LogP contribution in [0.4, 0.5) is 0 Å². The fraction of sp³-hybridized carbons (Fsp3) is 0.923. The number of nitrogens with one attached hydrogen (secondary N) is 1. The Bertz CT molecular complexity index is 538. The van der Waals surface area contributed by atoms with Gasteiger partial charge >= 0.3 is 0 Å². The second-order valence-corrected chi connectivity index (χ2v) is 10.5. The number of nitrogens with two attached hydrogens (primary N) is 1. The van der Waals surface area contributed by atoms with Crippen LogP contribution in [-0.4, -0.2) is 42.3 Å². The molecule has 0 heterocycles. The number of aliphatic hydroxyl groups excluding tert-OH is 1. The molecule has 2 atom stereocenters. The Kier molecular flexibility index (Phi) is 18.5. The molecular formula is C26H59N2O4P. The first kappa shape index (κ1) is 34.5. The number of hydrogen-bond donors (Lipinski definition) is 3. The maximum absolute atomic E-state index is 11.5. The van der Waals surface area contributed by atoms with Crippen LogP contribution in [0, 0.1) is 23.2 Å². The van der Waals surface area contributed by atoms with Crippen LogP contribution in [0.2, 0.25) is 0 Å². The van der Waals surface area contributed by atoms with Gasteiger partial charge in [-0.15, -0.1) is 0 Å². The van der Waals surface area contributed by atoms with E-state index < -0.39 is 0 Å². The predicted octanol–water partition coefficient (Wildman–Crippen LogP) is 5.37. The summed E-state index contributed by atoms with van der Waals surface area (Å²) in [6.07, 6.45) is 8.94. The average Bonchev–Trinajstić information content (AvgIpc) is 2.75. The van der Waals surface area contributed by atoms with Gasteiger partial charge in [0.15, 0.2) is 0 Å². The third-order valence-electron chi connectivity index (χ3n) is 7.33. The van der Waals surface area contributed by atoms with E-state index in [9.17, 15) is 9.59 Å². The number of aliphatic hydroxyl groups is 1. The van der Waals surface area contributed by atoms with Crippen molar-refractivity contribution in [1.82, 2.24) is 5.32 Å². The van der Waals surface area contributed by atoms with Crippen molar-refractivity contribution in [1.29, 1.82) is 0 Å². The summed E-state index contributed by atoms with van der Waals surface area (Å²) in [5.41, 5.74) is 5.44. The first-order valence-corrected chi connectivity index (χ1v) is 12.8. The SMILES string of the molecule is CCCC(C)(OCCC(CC)CC)C(C)(C)C.NC(=O)C1CCC(C(=O)NCCO)CC1.P.[HH].[HH]. The van der Waals surface area contributed by atoms with Crippen molar-refractivity contribution in [2.24, 2.45) is 28.9 Å². The van der Waals surface area contributed by atoms with E-state index in [2.05, 4.69) is 53.8 Å². The zero-order valence-electron chi connectivity index (χ0n) is 22.7. The second kappa shape index (κ2) is 17.7. The largest absolute Gasteiger partial charge is 0.395 e. The Hall–Kier alpha value is -0.710. The average molecular weight is 495 g/mol. The van der Waals surface area contributed by atoms with Crippen LogP contribution in [0.5, 0.6) is 0 Å². The number of primary amides is 1. The van der Waals surface area contributed by atoms with Crippen LogP contribution in [-0.2, 0) is 14.3 Å². The first-order valence-electron chi connectivity index (χ1n) is 12.8. The Balaban J connectivity index is -0.000000254.